The summed E-state index contributed by atoms with van der Waals surface area (Å²) in [4.78, 5) is 12.4. The van der Waals surface area contributed by atoms with E-state index in [0.29, 0.717) is 25.3 Å². The highest BCUT2D eigenvalue weighted by molar-refractivity contribution is 5.68. The molecule has 0 aliphatic heterocycles. The summed E-state index contributed by atoms with van der Waals surface area (Å²) in [5.74, 6) is 0. The number of alkyl carbamates (subject to hydrolysis) is 1. The Morgan fingerprint density at radius 1 is 0.935 bits per heavy atom. The maximum atomic E-state index is 12.4. The molecule has 0 heterocycles. The van der Waals surface area contributed by atoms with Crippen LogP contribution in [-0.4, -0.2) is 40.3 Å². The second-order valence-corrected chi connectivity index (χ2v) is 8.72. The number of aliphatic hydroxyl groups excluding tert-OH is 2. The Labute approximate surface area is 185 Å². The fourth-order valence-electron chi connectivity index (χ4n) is 3.12. The van der Waals surface area contributed by atoms with Gasteiger partial charge in [-0.3, -0.25) is 5.32 Å². The molecule has 0 aromatic heterocycles. The van der Waals surface area contributed by atoms with Crippen LogP contribution < -0.4 is 10.6 Å². The van der Waals surface area contributed by atoms with Gasteiger partial charge >= 0.3 is 6.09 Å². The van der Waals surface area contributed by atoms with Gasteiger partial charge in [0.1, 0.15) is 11.8 Å². The van der Waals surface area contributed by atoms with Gasteiger partial charge in [-0.1, -0.05) is 60.7 Å². The molecule has 1 amide bonds. The first-order chi connectivity index (χ1) is 14.6. The lowest BCUT2D eigenvalue weighted by Crippen LogP contribution is -2.56. The molecule has 6 heteroatoms. The SMILES string of the molecule is CC(O)[C](Cc1ccccc1)NC(NC(=O)OC(C)(C)C)C(O)CCc1ccccc1. The van der Waals surface area contributed by atoms with Crippen LogP contribution in [0.25, 0.3) is 0 Å². The highest BCUT2D eigenvalue weighted by atomic mass is 16.6. The molecule has 2 aromatic rings. The monoisotopic (exact) mass is 427 g/mol. The predicted molar refractivity (Wildman–Crippen MR) is 122 cm³/mol. The van der Waals surface area contributed by atoms with Crippen molar-refractivity contribution in [1.29, 1.82) is 0 Å². The van der Waals surface area contributed by atoms with Gasteiger partial charge in [0.15, 0.2) is 0 Å². The summed E-state index contributed by atoms with van der Waals surface area (Å²) in [6, 6.07) is 20.2. The van der Waals surface area contributed by atoms with Crippen molar-refractivity contribution >= 4 is 6.09 Å². The minimum atomic E-state index is -0.891. The molecule has 0 aliphatic rings. The summed E-state index contributed by atoms with van der Waals surface area (Å²) in [6.45, 7) is 7.00. The zero-order valence-corrected chi connectivity index (χ0v) is 18.8. The number of rotatable bonds is 10. The van der Waals surface area contributed by atoms with Crippen molar-refractivity contribution in [3.8, 4) is 0 Å². The van der Waals surface area contributed by atoms with Crippen LogP contribution in [0, 0.1) is 6.04 Å². The summed E-state index contributed by atoms with van der Waals surface area (Å²) in [5, 5.41) is 27.1. The van der Waals surface area contributed by atoms with E-state index in [1.165, 1.54) is 0 Å². The van der Waals surface area contributed by atoms with E-state index in [1.54, 1.807) is 27.7 Å². The fraction of sp³-hybridized carbons (Fsp3) is 0.440. The average molecular weight is 428 g/mol. The average Bonchev–Trinajstić information content (AvgIpc) is 2.71. The summed E-state index contributed by atoms with van der Waals surface area (Å²) in [7, 11) is 0. The standard InChI is InChI=1S/C25H35N2O4/c1-18(28)21(17-20-13-9-6-10-14-20)26-23(27-24(30)31-25(2,3)4)22(29)16-15-19-11-7-5-8-12-19/h5-14,18,22-23,26,28-29H,15-17H2,1-4H3,(H,27,30). The Kier molecular flexibility index (Phi) is 9.49. The molecule has 1 radical (unpaired) electrons. The molecule has 4 N–H and O–H groups in total. The molecule has 31 heavy (non-hydrogen) atoms. The molecule has 6 nitrogen and oxygen atoms in total. The van der Waals surface area contributed by atoms with Gasteiger partial charge in [0.2, 0.25) is 0 Å². The maximum absolute atomic E-state index is 12.4. The third-order valence-electron chi connectivity index (χ3n) is 4.71. The quantitative estimate of drug-likeness (QED) is 0.435. The van der Waals surface area contributed by atoms with E-state index in [9.17, 15) is 15.0 Å². The van der Waals surface area contributed by atoms with Gasteiger partial charge in [-0.05, 0) is 58.1 Å². The third-order valence-corrected chi connectivity index (χ3v) is 4.71. The number of carbonyl (C=O) groups is 1. The van der Waals surface area contributed by atoms with Crippen LogP contribution >= 0.6 is 0 Å². The second kappa shape index (κ2) is 11.8. The number of benzene rings is 2. The van der Waals surface area contributed by atoms with Crippen molar-refractivity contribution in [3.05, 3.63) is 77.8 Å². The van der Waals surface area contributed by atoms with Crippen molar-refractivity contribution in [2.45, 2.75) is 70.9 Å². The molecule has 169 valence electrons. The number of nitrogens with one attached hydrogen (secondary N) is 2. The smallest absolute Gasteiger partial charge is 0.408 e. The van der Waals surface area contributed by atoms with Gasteiger partial charge in [-0.25, -0.2) is 4.79 Å². The molecule has 3 atom stereocenters. The van der Waals surface area contributed by atoms with Crippen LogP contribution in [0.5, 0.6) is 0 Å². The zero-order valence-electron chi connectivity index (χ0n) is 18.8. The van der Waals surface area contributed by atoms with E-state index in [0.717, 1.165) is 11.1 Å². The summed E-state index contributed by atoms with van der Waals surface area (Å²) >= 11 is 0. The van der Waals surface area contributed by atoms with E-state index >= 15 is 0 Å². The fourth-order valence-corrected chi connectivity index (χ4v) is 3.12. The van der Waals surface area contributed by atoms with Gasteiger partial charge in [-0.15, -0.1) is 0 Å². The lowest BCUT2D eigenvalue weighted by Gasteiger charge is -2.31. The van der Waals surface area contributed by atoms with E-state index in [4.69, 9.17) is 4.74 Å². The second-order valence-electron chi connectivity index (χ2n) is 8.72. The van der Waals surface area contributed by atoms with Crippen LogP contribution in [0.15, 0.2) is 60.7 Å². The molecule has 3 unspecified atom stereocenters. The van der Waals surface area contributed by atoms with Gasteiger partial charge in [0.25, 0.3) is 0 Å². The zero-order chi connectivity index (χ0) is 22.9. The van der Waals surface area contributed by atoms with Crippen LogP contribution in [0.2, 0.25) is 0 Å². The lowest BCUT2D eigenvalue weighted by atomic mass is 10.00. The first kappa shape index (κ1) is 24.9. The van der Waals surface area contributed by atoms with E-state index < -0.39 is 30.1 Å². The first-order valence-electron chi connectivity index (χ1n) is 10.7. The number of ether oxygens (including phenoxy) is 1. The van der Waals surface area contributed by atoms with E-state index in [1.807, 2.05) is 60.7 Å². The molecule has 0 fully saturated rings. The first-order valence-corrected chi connectivity index (χ1v) is 10.7. The highest BCUT2D eigenvalue weighted by Crippen LogP contribution is 2.16. The molecular weight excluding hydrogens is 392 g/mol. The van der Waals surface area contributed by atoms with Gasteiger partial charge in [-0.2, -0.15) is 0 Å². The number of hydrogen-bond donors (Lipinski definition) is 4. The largest absolute Gasteiger partial charge is 0.444 e. The van der Waals surface area contributed by atoms with Crippen LogP contribution in [0.4, 0.5) is 4.79 Å². The normalized spacial score (nSPS) is 14.7. The van der Waals surface area contributed by atoms with Gasteiger partial charge in [0.05, 0.1) is 18.2 Å². The molecule has 2 aromatic carbocycles. The van der Waals surface area contributed by atoms with Crippen molar-refractivity contribution in [2.24, 2.45) is 0 Å². The molecule has 0 saturated carbocycles. The van der Waals surface area contributed by atoms with Crippen LogP contribution in [0.3, 0.4) is 0 Å². The Morgan fingerprint density at radius 3 is 2.00 bits per heavy atom. The molecule has 2 rings (SSSR count). The van der Waals surface area contributed by atoms with Crippen molar-refractivity contribution in [1.82, 2.24) is 10.6 Å². The third kappa shape index (κ3) is 9.51. The van der Waals surface area contributed by atoms with Crippen LogP contribution in [-0.2, 0) is 17.6 Å². The Bertz CT molecular complexity index is 775. The highest BCUT2D eigenvalue weighted by Gasteiger charge is 2.29. The topological polar surface area (TPSA) is 90.8 Å². The summed E-state index contributed by atoms with van der Waals surface area (Å²) in [5.41, 5.74) is 1.45. The number of aliphatic hydroxyl groups is 2. The summed E-state index contributed by atoms with van der Waals surface area (Å²) in [6.07, 6.45) is -1.56. The van der Waals surface area contributed by atoms with E-state index in [-0.39, 0.29) is 0 Å². The number of aryl methyl sites for hydroxylation is 1. The number of carbonyl (C=O) groups excluding carboxylic acids is 1. The molecule has 0 aliphatic carbocycles. The minimum absolute atomic E-state index is 0.426. The van der Waals surface area contributed by atoms with Gasteiger partial charge in [0, 0.05) is 0 Å². The maximum Gasteiger partial charge on any atom is 0.408 e. The summed E-state index contributed by atoms with van der Waals surface area (Å²) < 4.78 is 5.37. The predicted octanol–water partition coefficient (Wildman–Crippen LogP) is 3.58. The molecule has 0 saturated heterocycles. The number of hydrogen-bond acceptors (Lipinski definition) is 5. The molecular formula is C25H35N2O4. The van der Waals surface area contributed by atoms with Crippen molar-refractivity contribution < 1.29 is 19.7 Å². The van der Waals surface area contributed by atoms with E-state index in [2.05, 4.69) is 10.6 Å². The minimum Gasteiger partial charge on any atom is -0.444 e. The molecule has 0 bridgehead atoms. The molecule has 0 spiro atoms. The number of amides is 1. The lowest BCUT2D eigenvalue weighted by molar-refractivity contribution is 0.0361. The Morgan fingerprint density at radius 2 is 1.48 bits per heavy atom. The van der Waals surface area contributed by atoms with Crippen molar-refractivity contribution in [2.75, 3.05) is 0 Å². The van der Waals surface area contributed by atoms with Gasteiger partial charge < -0.3 is 20.3 Å². The Hall–Kier alpha value is -2.41. The van der Waals surface area contributed by atoms with Crippen molar-refractivity contribution in [3.63, 3.8) is 0 Å². The Balaban J connectivity index is 2.10. The van der Waals surface area contributed by atoms with Crippen LogP contribution in [0.1, 0.15) is 45.2 Å².